The first kappa shape index (κ1) is 29.1. The molecule has 0 aliphatic heterocycles. The van der Waals surface area contributed by atoms with E-state index in [-0.39, 0.29) is 5.41 Å². The second-order valence-electron chi connectivity index (χ2n) is 13.7. The molecule has 0 spiro atoms. The standard InChI is InChI=1S/C45H38N2S/c1-45(2)41-28-36(47(33-19-11-5-12-20-33)34-21-13-6-14-22-34)23-25-37(41)38-30-44-40(29-42(38)45)39-27-35(24-26-43(39)48-44)46(31-15-7-3-8-16-31)32-17-9-4-10-18-32/h3-5,7-13,15-27,29-30,41H,6,14,28H2,1-2H3. The highest BCUT2D eigenvalue weighted by Gasteiger charge is 2.45. The van der Waals surface area contributed by atoms with Crippen LogP contribution in [0.5, 0.6) is 0 Å². The van der Waals surface area contributed by atoms with E-state index in [1.807, 2.05) is 11.3 Å². The Morgan fingerprint density at radius 2 is 1.27 bits per heavy atom. The van der Waals surface area contributed by atoms with Crippen molar-refractivity contribution in [2.45, 2.75) is 38.5 Å². The van der Waals surface area contributed by atoms with Crippen molar-refractivity contribution in [2.24, 2.45) is 5.92 Å². The van der Waals surface area contributed by atoms with Crippen LogP contribution in [0.15, 0.2) is 163 Å². The zero-order valence-corrected chi connectivity index (χ0v) is 28.3. The Bertz CT molecular complexity index is 2250. The summed E-state index contributed by atoms with van der Waals surface area (Å²) in [5, 5.41) is 2.69. The van der Waals surface area contributed by atoms with E-state index >= 15 is 0 Å². The molecule has 234 valence electrons. The molecular weight excluding hydrogens is 601 g/mol. The summed E-state index contributed by atoms with van der Waals surface area (Å²) in [6.45, 7) is 4.93. The van der Waals surface area contributed by atoms with E-state index < -0.39 is 0 Å². The highest BCUT2D eigenvalue weighted by Crippen LogP contribution is 2.56. The van der Waals surface area contributed by atoms with Gasteiger partial charge in [-0.2, -0.15) is 0 Å². The van der Waals surface area contributed by atoms with Crippen molar-refractivity contribution in [1.29, 1.82) is 0 Å². The molecule has 1 unspecified atom stereocenters. The molecule has 1 heterocycles. The predicted octanol–water partition coefficient (Wildman–Crippen LogP) is 12.8. The van der Waals surface area contributed by atoms with Crippen LogP contribution in [0.1, 0.15) is 44.2 Å². The Morgan fingerprint density at radius 1 is 0.625 bits per heavy atom. The zero-order valence-electron chi connectivity index (χ0n) is 27.4. The molecule has 48 heavy (non-hydrogen) atoms. The summed E-state index contributed by atoms with van der Waals surface area (Å²) < 4.78 is 2.70. The van der Waals surface area contributed by atoms with E-state index in [1.165, 1.54) is 59.6 Å². The highest BCUT2D eigenvalue weighted by molar-refractivity contribution is 7.25. The van der Waals surface area contributed by atoms with E-state index in [1.54, 1.807) is 0 Å². The van der Waals surface area contributed by atoms with Crippen molar-refractivity contribution in [2.75, 3.05) is 9.80 Å². The van der Waals surface area contributed by atoms with Crippen LogP contribution in [0.2, 0.25) is 0 Å². The number of rotatable bonds is 6. The highest BCUT2D eigenvalue weighted by atomic mass is 32.1. The van der Waals surface area contributed by atoms with Crippen LogP contribution in [-0.4, -0.2) is 0 Å². The molecule has 9 rings (SSSR count). The molecule has 3 aliphatic rings. The number of benzene rings is 5. The summed E-state index contributed by atoms with van der Waals surface area (Å²) in [6, 6.07) is 44.3. The second-order valence-corrected chi connectivity index (χ2v) is 14.8. The van der Waals surface area contributed by atoms with Gasteiger partial charge in [0.2, 0.25) is 0 Å². The lowest BCUT2D eigenvalue weighted by molar-refractivity contribution is 0.406. The van der Waals surface area contributed by atoms with Gasteiger partial charge >= 0.3 is 0 Å². The van der Waals surface area contributed by atoms with Gasteiger partial charge in [0.25, 0.3) is 0 Å². The molecule has 3 heteroatoms. The fraction of sp³-hybridized carbons (Fsp3) is 0.156. The summed E-state index contributed by atoms with van der Waals surface area (Å²) in [4.78, 5) is 4.85. The number of nitrogens with zero attached hydrogens (tertiary/aromatic N) is 2. The summed E-state index contributed by atoms with van der Waals surface area (Å²) in [6.07, 6.45) is 15.0. The molecular formula is C45H38N2S. The third-order valence-corrected chi connectivity index (χ3v) is 11.7. The topological polar surface area (TPSA) is 6.48 Å². The number of hydrogen-bond donors (Lipinski definition) is 0. The van der Waals surface area contributed by atoms with Crippen molar-refractivity contribution in [1.82, 2.24) is 0 Å². The van der Waals surface area contributed by atoms with Gasteiger partial charge in [-0.3, -0.25) is 0 Å². The van der Waals surface area contributed by atoms with E-state index in [0.29, 0.717) is 5.92 Å². The number of para-hydroxylation sites is 3. The van der Waals surface area contributed by atoms with Gasteiger partial charge in [-0.05, 0) is 126 Å². The lowest BCUT2D eigenvalue weighted by atomic mass is 9.73. The van der Waals surface area contributed by atoms with Crippen LogP contribution >= 0.6 is 11.3 Å². The minimum atomic E-state index is -0.00000744. The molecule has 0 N–H and O–H groups in total. The van der Waals surface area contributed by atoms with E-state index in [2.05, 4.69) is 175 Å². The Labute approximate surface area is 287 Å². The van der Waals surface area contributed by atoms with E-state index in [4.69, 9.17) is 0 Å². The first-order valence-electron chi connectivity index (χ1n) is 17.1. The number of allylic oxidation sites excluding steroid dienone is 7. The molecule has 3 aliphatic carbocycles. The third kappa shape index (κ3) is 4.76. The Kier molecular flexibility index (Phi) is 6.98. The molecule has 1 aromatic heterocycles. The lowest BCUT2D eigenvalue weighted by Crippen LogP contribution is -2.30. The maximum atomic E-state index is 2.53. The van der Waals surface area contributed by atoms with Crippen molar-refractivity contribution >= 4 is 59.8 Å². The van der Waals surface area contributed by atoms with Gasteiger partial charge in [0, 0.05) is 54.3 Å². The molecule has 2 nitrogen and oxygen atoms in total. The number of hydrogen-bond acceptors (Lipinski definition) is 3. The molecule has 0 saturated heterocycles. The van der Waals surface area contributed by atoms with Gasteiger partial charge in [0.15, 0.2) is 0 Å². The minimum absolute atomic E-state index is 0.00000744. The quantitative estimate of drug-likeness (QED) is 0.179. The van der Waals surface area contributed by atoms with Crippen LogP contribution < -0.4 is 9.80 Å². The molecule has 5 aromatic carbocycles. The largest absolute Gasteiger partial charge is 0.315 e. The molecule has 0 radical (unpaired) electrons. The van der Waals surface area contributed by atoms with Gasteiger partial charge in [-0.1, -0.05) is 86.7 Å². The normalized spacial score (nSPS) is 17.8. The minimum Gasteiger partial charge on any atom is -0.315 e. The Balaban J connectivity index is 1.14. The fourth-order valence-electron chi connectivity index (χ4n) is 8.11. The summed E-state index contributed by atoms with van der Waals surface area (Å²) in [5.74, 6) is 0.414. The van der Waals surface area contributed by atoms with Crippen LogP contribution in [-0.2, 0) is 5.41 Å². The van der Waals surface area contributed by atoms with E-state index in [9.17, 15) is 0 Å². The fourth-order valence-corrected chi connectivity index (χ4v) is 9.22. The van der Waals surface area contributed by atoms with Gasteiger partial charge < -0.3 is 9.80 Å². The summed E-state index contributed by atoms with van der Waals surface area (Å²) >= 11 is 1.92. The summed E-state index contributed by atoms with van der Waals surface area (Å²) in [7, 11) is 0. The number of fused-ring (bicyclic) bond motifs is 6. The Hall–Kier alpha value is -5.12. The maximum absolute atomic E-state index is 2.53. The van der Waals surface area contributed by atoms with Crippen molar-refractivity contribution in [3.8, 4) is 0 Å². The van der Waals surface area contributed by atoms with Gasteiger partial charge in [-0.25, -0.2) is 0 Å². The number of anilines is 4. The van der Waals surface area contributed by atoms with Gasteiger partial charge in [-0.15, -0.1) is 11.3 Å². The molecule has 0 fully saturated rings. The van der Waals surface area contributed by atoms with Crippen molar-refractivity contribution in [3.05, 3.63) is 174 Å². The molecule has 6 aromatic rings. The van der Waals surface area contributed by atoms with E-state index in [0.717, 1.165) is 30.6 Å². The summed E-state index contributed by atoms with van der Waals surface area (Å²) in [5.41, 5.74) is 11.8. The SMILES string of the molecule is CC1(C)c2cc3c(cc2C2=CC=C(N(C4=CCCC=C4)c4ccccc4)CC21)sc1ccc(N(c2ccccc2)c2ccccc2)cc13. The zero-order chi connectivity index (χ0) is 32.2. The molecule has 1 atom stereocenters. The monoisotopic (exact) mass is 638 g/mol. The average Bonchev–Trinajstić information content (AvgIpc) is 3.60. The second kappa shape index (κ2) is 11.5. The molecule has 0 saturated carbocycles. The van der Waals surface area contributed by atoms with Crippen molar-refractivity contribution < 1.29 is 0 Å². The van der Waals surface area contributed by atoms with Gasteiger partial charge in [0.05, 0.1) is 0 Å². The third-order valence-electron chi connectivity index (χ3n) is 10.5. The predicted molar refractivity (Wildman–Crippen MR) is 207 cm³/mol. The smallest absolute Gasteiger partial charge is 0.0468 e. The number of thiophene rings is 1. The van der Waals surface area contributed by atoms with Crippen LogP contribution in [0.3, 0.4) is 0 Å². The van der Waals surface area contributed by atoms with Crippen molar-refractivity contribution in [3.63, 3.8) is 0 Å². The van der Waals surface area contributed by atoms with Crippen LogP contribution in [0, 0.1) is 5.92 Å². The molecule has 0 bridgehead atoms. The first-order chi connectivity index (χ1) is 23.6. The maximum Gasteiger partial charge on any atom is 0.0468 e. The molecule has 0 amide bonds. The Morgan fingerprint density at radius 3 is 1.92 bits per heavy atom. The van der Waals surface area contributed by atoms with Gasteiger partial charge in [0.1, 0.15) is 0 Å². The first-order valence-corrected chi connectivity index (χ1v) is 17.9. The van der Waals surface area contributed by atoms with Crippen LogP contribution in [0.25, 0.3) is 25.7 Å². The average molecular weight is 639 g/mol. The lowest BCUT2D eigenvalue weighted by Gasteiger charge is -2.37. The van der Waals surface area contributed by atoms with Crippen LogP contribution in [0.4, 0.5) is 22.7 Å².